The van der Waals surface area contributed by atoms with Crippen molar-refractivity contribution in [2.75, 3.05) is 14.1 Å². The topological polar surface area (TPSA) is 3.24 Å². The van der Waals surface area contributed by atoms with E-state index in [9.17, 15) is 0 Å². The van der Waals surface area contributed by atoms with Crippen LogP contribution in [0, 0.1) is 0 Å². The van der Waals surface area contributed by atoms with Gasteiger partial charge >= 0.3 is 0 Å². The predicted octanol–water partition coefficient (Wildman–Crippen LogP) is 3.46. The van der Waals surface area contributed by atoms with Crippen molar-refractivity contribution in [2.45, 2.75) is 13.0 Å². The summed E-state index contributed by atoms with van der Waals surface area (Å²) in [5.41, 5.74) is 1.40. The Morgan fingerprint density at radius 2 is 1.60 bits per heavy atom. The molecule has 0 radical (unpaired) electrons. The lowest BCUT2D eigenvalue weighted by Gasteiger charge is -2.21. The van der Waals surface area contributed by atoms with Crippen molar-refractivity contribution in [2.24, 2.45) is 0 Å². The maximum atomic E-state index is 2.24. The van der Waals surface area contributed by atoms with Gasteiger partial charge in [0, 0.05) is 6.04 Å². The first kappa shape index (κ1) is 10.2. The second-order valence-corrected chi connectivity index (χ2v) is 4.21. The van der Waals surface area contributed by atoms with Crippen LogP contribution >= 0.6 is 0 Å². The van der Waals surface area contributed by atoms with E-state index in [-0.39, 0.29) is 0 Å². The van der Waals surface area contributed by atoms with E-state index in [4.69, 9.17) is 0 Å². The molecule has 0 heterocycles. The summed E-state index contributed by atoms with van der Waals surface area (Å²) in [6.07, 6.45) is 0. The van der Waals surface area contributed by atoms with Crippen molar-refractivity contribution >= 4 is 10.8 Å². The highest BCUT2D eigenvalue weighted by Crippen LogP contribution is 2.26. The highest BCUT2D eigenvalue weighted by molar-refractivity contribution is 5.86. The predicted molar refractivity (Wildman–Crippen MR) is 66.1 cm³/mol. The van der Waals surface area contributed by atoms with Crippen LogP contribution in [0.3, 0.4) is 0 Å². The monoisotopic (exact) mass is 199 g/mol. The Hall–Kier alpha value is -1.34. The van der Waals surface area contributed by atoms with Crippen LogP contribution in [0.1, 0.15) is 18.5 Å². The van der Waals surface area contributed by atoms with Gasteiger partial charge in [0.1, 0.15) is 0 Å². The van der Waals surface area contributed by atoms with Crippen molar-refractivity contribution in [3.8, 4) is 0 Å². The number of benzene rings is 2. The molecule has 0 spiro atoms. The molecule has 0 saturated carbocycles. The summed E-state index contributed by atoms with van der Waals surface area (Å²) in [7, 11) is 4.24. The zero-order chi connectivity index (χ0) is 10.8. The fourth-order valence-electron chi connectivity index (χ4n) is 1.89. The molecule has 0 aliphatic heterocycles. The Kier molecular flexibility index (Phi) is 2.74. The summed E-state index contributed by atoms with van der Waals surface area (Å²) in [5, 5.41) is 2.69. The molecule has 78 valence electrons. The van der Waals surface area contributed by atoms with E-state index in [1.54, 1.807) is 0 Å². The van der Waals surface area contributed by atoms with Gasteiger partial charge < -0.3 is 4.90 Å². The SMILES string of the molecule is C[C@H](c1cccc2ccccc12)N(C)C. The molecule has 2 rings (SSSR count). The van der Waals surface area contributed by atoms with Gasteiger partial charge in [-0.25, -0.2) is 0 Å². The lowest BCUT2D eigenvalue weighted by Crippen LogP contribution is -2.16. The van der Waals surface area contributed by atoms with Crippen molar-refractivity contribution in [3.63, 3.8) is 0 Å². The minimum atomic E-state index is 0.455. The number of hydrogen-bond donors (Lipinski definition) is 0. The van der Waals surface area contributed by atoms with Gasteiger partial charge in [-0.3, -0.25) is 0 Å². The van der Waals surface area contributed by atoms with E-state index in [0.717, 1.165) is 0 Å². The van der Waals surface area contributed by atoms with E-state index >= 15 is 0 Å². The van der Waals surface area contributed by atoms with Crippen LogP contribution in [0.15, 0.2) is 42.5 Å². The summed E-state index contributed by atoms with van der Waals surface area (Å²) in [4.78, 5) is 2.24. The van der Waals surface area contributed by atoms with Gasteiger partial charge in [0.2, 0.25) is 0 Å². The first-order chi connectivity index (χ1) is 7.20. The van der Waals surface area contributed by atoms with E-state index in [1.165, 1.54) is 16.3 Å². The molecular formula is C14H17N. The quantitative estimate of drug-likeness (QED) is 0.716. The van der Waals surface area contributed by atoms with Crippen LogP contribution in [-0.4, -0.2) is 19.0 Å². The standard InChI is InChI=1S/C14H17N/c1-11(15(2)3)13-10-6-8-12-7-4-5-9-14(12)13/h4-11H,1-3H3/t11-/m1/s1. The van der Waals surface area contributed by atoms with Crippen molar-refractivity contribution < 1.29 is 0 Å². The summed E-state index contributed by atoms with van der Waals surface area (Å²) in [6, 6.07) is 15.5. The third-order valence-corrected chi connectivity index (χ3v) is 3.05. The third kappa shape index (κ3) is 1.88. The van der Waals surface area contributed by atoms with E-state index in [1.807, 2.05) is 0 Å². The van der Waals surface area contributed by atoms with Crippen molar-refractivity contribution in [1.29, 1.82) is 0 Å². The zero-order valence-corrected chi connectivity index (χ0v) is 9.57. The molecule has 0 saturated heterocycles. The first-order valence-corrected chi connectivity index (χ1v) is 5.34. The fraction of sp³-hybridized carbons (Fsp3) is 0.286. The molecule has 15 heavy (non-hydrogen) atoms. The van der Waals surface area contributed by atoms with E-state index in [0.29, 0.717) is 6.04 Å². The highest BCUT2D eigenvalue weighted by atomic mass is 15.1. The minimum absolute atomic E-state index is 0.455. The molecule has 2 aromatic carbocycles. The maximum absolute atomic E-state index is 2.24. The van der Waals surface area contributed by atoms with Gasteiger partial charge in [0.15, 0.2) is 0 Å². The Bertz CT molecular complexity index is 454. The Morgan fingerprint density at radius 1 is 0.933 bits per heavy atom. The molecule has 0 N–H and O–H groups in total. The van der Waals surface area contributed by atoms with Crippen LogP contribution in [0.4, 0.5) is 0 Å². The van der Waals surface area contributed by atoms with Gasteiger partial charge in [0.25, 0.3) is 0 Å². The normalized spacial score (nSPS) is 13.3. The second kappa shape index (κ2) is 4.03. The molecule has 2 aromatic rings. The molecular weight excluding hydrogens is 182 g/mol. The van der Waals surface area contributed by atoms with Crippen LogP contribution < -0.4 is 0 Å². The Balaban J connectivity index is 2.60. The van der Waals surface area contributed by atoms with Crippen molar-refractivity contribution in [3.05, 3.63) is 48.0 Å². The molecule has 0 aliphatic rings. The number of hydrogen-bond acceptors (Lipinski definition) is 1. The van der Waals surface area contributed by atoms with Gasteiger partial charge in [-0.05, 0) is 37.4 Å². The number of rotatable bonds is 2. The van der Waals surface area contributed by atoms with E-state index in [2.05, 4.69) is 68.4 Å². The van der Waals surface area contributed by atoms with Gasteiger partial charge in [-0.1, -0.05) is 42.5 Å². The smallest absolute Gasteiger partial charge is 0.0319 e. The molecule has 1 atom stereocenters. The maximum Gasteiger partial charge on any atom is 0.0319 e. The highest BCUT2D eigenvalue weighted by Gasteiger charge is 2.10. The first-order valence-electron chi connectivity index (χ1n) is 5.34. The zero-order valence-electron chi connectivity index (χ0n) is 9.57. The largest absolute Gasteiger partial charge is 0.303 e. The number of nitrogens with zero attached hydrogens (tertiary/aromatic N) is 1. The van der Waals surface area contributed by atoms with Crippen LogP contribution in [0.25, 0.3) is 10.8 Å². The average molecular weight is 199 g/mol. The van der Waals surface area contributed by atoms with Crippen LogP contribution in [0.2, 0.25) is 0 Å². The lowest BCUT2D eigenvalue weighted by atomic mass is 9.99. The minimum Gasteiger partial charge on any atom is -0.303 e. The van der Waals surface area contributed by atoms with E-state index < -0.39 is 0 Å². The number of fused-ring (bicyclic) bond motifs is 1. The molecule has 0 amide bonds. The molecule has 1 nitrogen and oxygen atoms in total. The molecule has 0 aliphatic carbocycles. The molecule has 0 unspecified atom stereocenters. The summed E-state index contributed by atoms with van der Waals surface area (Å²) < 4.78 is 0. The molecule has 0 fully saturated rings. The fourth-order valence-corrected chi connectivity index (χ4v) is 1.89. The Morgan fingerprint density at radius 3 is 2.33 bits per heavy atom. The lowest BCUT2D eigenvalue weighted by molar-refractivity contribution is 0.323. The van der Waals surface area contributed by atoms with Gasteiger partial charge in [-0.2, -0.15) is 0 Å². The third-order valence-electron chi connectivity index (χ3n) is 3.05. The molecule has 0 bridgehead atoms. The average Bonchev–Trinajstić information content (AvgIpc) is 2.27. The van der Waals surface area contributed by atoms with Crippen LogP contribution in [-0.2, 0) is 0 Å². The van der Waals surface area contributed by atoms with Crippen LogP contribution in [0.5, 0.6) is 0 Å². The second-order valence-electron chi connectivity index (χ2n) is 4.21. The van der Waals surface area contributed by atoms with Crippen molar-refractivity contribution in [1.82, 2.24) is 4.90 Å². The summed E-state index contributed by atoms with van der Waals surface area (Å²) in [6.45, 7) is 2.24. The van der Waals surface area contributed by atoms with Gasteiger partial charge in [-0.15, -0.1) is 0 Å². The Labute approximate surface area is 91.3 Å². The molecule has 1 heteroatoms. The summed E-state index contributed by atoms with van der Waals surface area (Å²) >= 11 is 0. The molecule has 0 aromatic heterocycles. The van der Waals surface area contributed by atoms with Gasteiger partial charge in [0.05, 0.1) is 0 Å². The summed E-state index contributed by atoms with van der Waals surface area (Å²) in [5.74, 6) is 0.